The molecule has 1 N–H and O–H groups in total. The van der Waals surface area contributed by atoms with E-state index in [2.05, 4.69) is 29.4 Å². The van der Waals surface area contributed by atoms with Crippen LogP contribution in [0.2, 0.25) is 0 Å². The van der Waals surface area contributed by atoms with Crippen molar-refractivity contribution in [2.75, 3.05) is 14.2 Å². The van der Waals surface area contributed by atoms with Gasteiger partial charge in [0.05, 0.1) is 19.3 Å². The van der Waals surface area contributed by atoms with E-state index in [0.717, 1.165) is 11.3 Å². The lowest BCUT2D eigenvalue weighted by Gasteiger charge is -2.17. The molecule has 90 valence electrons. The van der Waals surface area contributed by atoms with E-state index in [1.165, 1.54) is 9.75 Å². The summed E-state index contributed by atoms with van der Waals surface area (Å²) in [7, 11) is 3.63. The summed E-state index contributed by atoms with van der Waals surface area (Å²) in [5.74, 6) is 0.818. The summed E-state index contributed by atoms with van der Waals surface area (Å²) in [5.41, 5.74) is 1.12. The molecular weight excluding hydrogens is 232 g/mol. The quantitative estimate of drug-likeness (QED) is 0.903. The van der Waals surface area contributed by atoms with E-state index >= 15 is 0 Å². The van der Waals surface area contributed by atoms with Crippen molar-refractivity contribution in [3.63, 3.8) is 0 Å². The zero-order chi connectivity index (χ0) is 12.3. The summed E-state index contributed by atoms with van der Waals surface area (Å²) in [6.07, 6.45) is 3.54. The summed E-state index contributed by atoms with van der Waals surface area (Å²) < 4.78 is 5.36. The van der Waals surface area contributed by atoms with Gasteiger partial charge in [0.25, 0.3) is 0 Å². The highest BCUT2D eigenvalue weighted by Crippen LogP contribution is 2.32. The van der Waals surface area contributed by atoms with Crippen LogP contribution in [0.4, 0.5) is 0 Å². The van der Waals surface area contributed by atoms with Crippen LogP contribution in [-0.2, 0) is 0 Å². The van der Waals surface area contributed by atoms with Crippen LogP contribution in [0.1, 0.15) is 21.4 Å². The molecule has 4 heteroatoms. The molecule has 0 saturated carbocycles. The van der Waals surface area contributed by atoms with E-state index in [1.807, 2.05) is 13.1 Å². The predicted molar refractivity (Wildman–Crippen MR) is 70.7 cm³/mol. The zero-order valence-electron chi connectivity index (χ0n) is 10.2. The van der Waals surface area contributed by atoms with E-state index in [0.29, 0.717) is 0 Å². The molecule has 0 bridgehead atoms. The Labute approximate surface area is 105 Å². The maximum Gasteiger partial charge on any atom is 0.142 e. The summed E-state index contributed by atoms with van der Waals surface area (Å²) in [5, 5.41) is 3.33. The van der Waals surface area contributed by atoms with Crippen molar-refractivity contribution in [1.82, 2.24) is 10.3 Å². The summed E-state index contributed by atoms with van der Waals surface area (Å²) in [6.45, 7) is 2.12. The first-order chi connectivity index (χ1) is 8.26. The fourth-order valence-corrected chi connectivity index (χ4v) is 2.87. The van der Waals surface area contributed by atoms with Crippen molar-refractivity contribution in [3.05, 3.63) is 45.9 Å². The minimum absolute atomic E-state index is 0.159. The topological polar surface area (TPSA) is 34.2 Å². The number of aromatic nitrogens is 1. The van der Waals surface area contributed by atoms with Crippen LogP contribution < -0.4 is 10.1 Å². The molecule has 0 aliphatic rings. The third-order valence-electron chi connectivity index (χ3n) is 2.68. The number of pyridine rings is 1. The van der Waals surface area contributed by atoms with Crippen LogP contribution in [0.25, 0.3) is 0 Å². The second-order valence-electron chi connectivity index (χ2n) is 3.79. The fraction of sp³-hybridized carbons (Fsp3) is 0.308. The Hall–Kier alpha value is -1.39. The van der Waals surface area contributed by atoms with Crippen LogP contribution in [0.15, 0.2) is 30.6 Å². The second kappa shape index (κ2) is 5.29. The van der Waals surface area contributed by atoms with E-state index in [9.17, 15) is 0 Å². The van der Waals surface area contributed by atoms with Crippen molar-refractivity contribution < 1.29 is 4.74 Å². The first-order valence-electron chi connectivity index (χ1n) is 5.47. The normalized spacial score (nSPS) is 12.4. The predicted octanol–water partition coefficient (Wildman–Crippen LogP) is 2.77. The molecule has 2 heterocycles. The Morgan fingerprint density at radius 3 is 2.76 bits per heavy atom. The van der Waals surface area contributed by atoms with Crippen molar-refractivity contribution in [2.24, 2.45) is 0 Å². The first-order valence-corrected chi connectivity index (χ1v) is 6.29. The lowest BCUT2D eigenvalue weighted by atomic mass is 10.1. The average Bonchev–Trinajstić information content (AvgIpc) is 2.77. The van der Waals surface area contributed by atoms with Crippen LogP contribution in [0, 0.1) is 6.92 Å². The SMILES string of the molecule is CNC(c1ccc(C)s1)c1ccncc1OC. The molecule has 2 aromatic rings. The number of aryl methyl sites for hydroxylation is 1. The Bertz CT molecular complexity index is 496. The van der Waals surface area contributed by atoms with Gasteiger partial charge in [0, 0.05) is 21.5 Å². The molecule has 1 unspecified atom stereocenters. The molecule has 0 aliphatic heterocycles. The van der Waals surface area contributed by atoms with Crippen LogP contribution in [0.3, 0.4) is 0 Å². The van der Waals surface area contributed by atoms with Gasteiger partial charge in [-0.2, -0.15) is 0 Å². The number of thiophene rings is 1. The molecule has 0 saturated heterocycles. The molecule has 17 heavy (non-hydrogen) atoms. The second-order valence-corrected chi connectivity index (χ2v) is 5.11. The van der Waals surface area contributed by atoms with Gasteiger partial charge in [0.15, 0.2) is 0 Å². The van der Waals surface area contributed by atoms with Gasteiger partial charge in [0.2, 0.25) is 0 Å². The molecule has 0 fully saturated rings. The lowest BCUT2D eigenvalue weighted by Crippen LogP contribution is -2.17. The number of rotatable bonds is 4. The van der Waals surface area contributed by atoms with Gasteiger partial charge < -0.3 is 10.1 Å². The zero-order valence-corrected chi connectivity index (χ0v) is 11.0. The van der Waals surface area contributed by atoms with E-state index < -0.39 is 0 Å². The molecule has 3 nitrogen and oxygen atoms in total. The molecular formula is C13H16N2OS. The number of hydrogen-bond acceptors (Lipinski definition) is 4. The van der Waals surface area contributed by atoms with Crippen LogP contribution in [0.5, 0.6) is 5.75 Å². The van der Waals surface area contributed by atoms with Crippen LogP contribution in [-0.4, -0.2) is 19.1 Å². The molecule has 2 aromatic heterocycles. The average molecular weight is 248 g/mol. The molecule has 0 radical (unpaired) electrons. The monoisotopic (exact) mass is 248 g/mol. The molecule has 0 amide bonds. The van der Waals surface area contributed by atoms with Gasteiger partial charge >= 0.3 is 0 Å². The highest BCUT2D eigenvalue weighted by atomic mass is 32.1. The van der Waals surface area contributed by atoms with Gasteiger partial charge in [-0.1, -0.05) is 0 Å². The van der Waals surface area contributed by atoms with Crippen molar-refractivity contribution in [2.45, 2.75) is 13.0 Å². The summed E-state index contributed by atoms with van der Waals surface area (Å²) >= 11 is 1.80. The number of hydrogen-bond donors (Lipinski definition) is 1. The largest absolute Gasteiger partial charge is 0.495 e. The third-order valence-corrected chi connectivity index (χ3v) is 3.75. The Kier molecular flexibility index (Phi) is 3.76. The van der Waals surface area contributed by atoms with Crippen molar-refractivity contribution in [3.8, 4) is 5.75 Å². The van der Waals surface area contributed by atoms with Gasteiger partial charge in [0.1, 0.15) is 5.75 Å². The Morgan fingerprint density at radius 1 is 1.35 bits per heavy atom. The van der Waals surface area contributed by atoms with E-state index in [-0.39, 0.29) is 6.04 Å². The Morgan fingerprint density at radius 2 is 2.18 bits per heavy atom. The fourth-order valence-electron chi connectivity index (χ4n) is 1.86. The number of ether oxygens (including phenoxy) is 1. The highest BCUT2D eigenvalue weighted by molar-refractivity contribution is 7.12. The summed E-state index contributed by atoms with van der Waals surface area (Å²) in [4.78, 5) is 6.68. The minimum Gasteiger partial charge on any atom is -0.495 e. The molecule has 2 rings (SSSR count). The first kappa shape index (κ1) is 12.1. The highest BCUT2D eigenvalue weighted by Gasteiger charge is 2.17. The standard InChI is InChI=1S/C13H16N2OS/c1-9-4-5-12(17-9)13(14-2)10-6-7-15-8-11(10)16-3/h4-8,13-14H,1-3H3. The molecule has 0 aliphatic carbocycles. The number of nitrogens with one attached hydrogen (secondary N) is 1. The molecule has 0 spiro atoms. The van der Waals surface area contributed by atoms with E-state index in [4.69, 9.17) is 4.74 Å². The van der Waals surface area contributed by atoms with Gasteiger partial charge in [-0.25, -0.2) is 0 Å². The maximum absolute atomic E-state index is 5.36. The van der Waals surface area contributed by atoms with Crippen molar-refractivity contribution >= 4 is 11.3 Å². The molecule has 1 atom stereocenters. The van der Waals surface area contributed by atoms with Crippen molar-refractivity contribution in [1.29, 1.82) is 0 Å². The van der Waals surface area contributed by atoms with E-state index in [1.54, 1.807) is 30.8 Å². The number of nitrogens with zero attached hydrogens (tertiary/aromatic N) is 1. The molecule has 0 aromatic carbocycles. The van der Waals surface area contributed by atoms with Crippen LogP contribution >= 0.6 is 11.3 Å². The minimum atomic E-state index is 0.159. The summed E-state index contributed by atoms with van der Waals surface area (Å²) in [6, 6.07) is 6.44. The lowest BCUT2D eigenvalue weighted by molar-refractivity contribution is 0.403. The number of methoxy groups -OCH3 is 1. The Balaban J connectivity index is 2.41. The third kappa shape index (κ3) is 2.48. The van der Waals surface area contributed by atoms with Gasteiger partial charge in [-0.3, -0.25) is 4.98 Å². The maximum atomic E-state index is 5.36. The van der Waals surface area contributed by atoms with Gasteiger partial charge in [-0.05, 0) is 32.2 Å². The van der Waals surface area contributed by atoms with Gasteiger partial charge in [-0.15, -0.1) is 11.3 Å². The smallest absolute Gasteiger partial charge is 0.142 e.